The van der Waals surface area contributed by atoms with Gasteiger partial charge in [-0.15, -0.1) is 0 Å². The fraction of sp³-hybridized carbons (Fsp3) is 0.500. The molecule has 0 saturated carbocycles. The van der Waals surface area contributed by atoms with E-state index in [4.69, 9.17) is 5.26 Å². The van der Waals surface area contributed by atoms with Gasteiger partial charge in [0, 0.05) is 19.3 Å². The summed E-state index contributed by atoms with van der Waals surface area (Å²) in [5.41, 5.74) is -0.174. The number of hydrogen-bond donors (Lipinski definition) is 1. The molecule has 0 aromatic carbocycles. The second-order valence-electron chi connectivity index (χ2n) is 5.30. The average Bonchev–Trinajstić information content (AvgIpc) is 2.85. The van der Waals surface area contributed by atoms with Crippen molar-refractivity contribution in [3.63, 3.8) is 0 Å². The number of nitriles is 1. The van der Waals surface area contributed by atoms with E-state index in [0.29, 0.717) is 30.9 Å². The molecule has 5 heteroatoms. The first-order chi connectivity index (χ1) is 8.99. The molecule has 1 N–H and O–H groups in total. The Balaban J connectivity index is 2.26. The molecular weight excluding hydrogens is 242 g/mol. The summed E-state index contributed by atoms with van der Waals surface area (Å²) in [7, 11) is 0. The van der Waals surface area contributed by atoms with Gasteiger partial charge in [0.1, 0.15) is 5.82 Å². The zero-order valence-electron chi connectivity index (χ0n) is 11.1. The highest BCUT2D eigenvalue weighted by molar-refractivity contribution is 5.77. The normalized spacial score (nSPS) is 22.5. The molecule has 1 unspecified atom stereocenters. The van der Waals surface area contributed by atoms with Crippen LogP contribution in [-0.4, -0.2) is 29.1 Å². The van der Waals surface area contributed by atoms with Crippen LogP contribution in [0, 0.1) is 22.7 Å². The van der Waals surface area contributed by atoms with Crippen LogP contribution in [0.1, 0.15) is 25.8 Å². The molecule has 2 heterocycles. The van der Waals surface area contributed by atoms with Crippen LogP contribution in [0.5, 0.6) is 0 Å². The van der Waals surface area contributed by atoms with Crippen LogP contribution < -0.4 is 4.90 Å². The van der Waals surface area contributed by atoms with Crippen LogP contribution >= 0.6 is 0 Å². The number of carboxylic acids is 1. The number of anilines is 1. The number of carboxylic acid groups (broad SMARTS) is 1. The van der Waals surface area contributed by atoms with Crippen LogP contribution in [-0.2, 0) is 4.79 Å². The molecular formula is C14H17N3O2. The predicted octanol–water partition coefficient (Wildman–Crippen LogP) is 1.89. The molecule has 5 nitrogen and oxygen atoms in total. The van der Waals surface area contributed by atoms with Gasteiger partial charge in [0.05, 0.1) is 17.0 Å². The van der Waals surface area contributed by atoms with Crippen molar-refractivity contribution in [1.29, 1.82) is 5.26 Å². The molecule has 19 heavy (non-hydrogen) atoms. The van der Waals surface area contributed by atoms with Gasteiger partial charge < -0.3 is 10.0 Å². The lowest BCUT2D eigenvalue weighted by molar-refractivity contribution is -0.150. The number of hydrogen-bond acceptors (Lipinski definition) is 4. The summed E-state index contributed by atoms with van der Waals surface area (Å²) in [5.74, 6) is -0.00147. The molecule has 100 valence electrons. The minimum Gasteiger partial charge on any atom is -0.481 e. The maximum atomic E-state index is 11.6. The molecule has 0 aliphatic carbocycles. The van der Waals surface area contributed by atoms with E-state index in [1.165, 1.54) is 0 Å². The van der Waals surface area contributed by atoms with E-state index in [1.54, 1.807) is 18.3 Å². The van der Waals surface area contributed by atoms with E-state index in [2.05, 4.69) is 11.1 Å². The Kier molecular flexibility index (Phi) is 3.43. The lowest BCUT2D eigenvalue weighted by atomic mass is 9.76. The third-order valence-electron chi connectivity index (χ3n) is 4.03. The maximum absolute atomic E-state index is 11.6. The zero-order valence-corrected chi connectivity index (χ0v) is 11.1. The Hall–Kier alpha value is -2.09. The van der Waals surface area contributed by atoms with E-state index < -0.39 is 11.4 Å². The highest BCUT2D eigenvalue weighted by Crippen LogP contribution is 2.39. The molecule has 1 saturated heterocycles. The first kappa shape index (κ1) is 13.3. The van der Waals surface area contributed by atoms with E-state index in [1.807, 2.05) is 18.7 Å². The molecule has 2 rings (SSSR count). The van der Waals surface area contributed by atoms with Crippen LogP contribution in [0.15, 0.2) is 18.3 Å². The number of aliphatic carboxylic acids is 1. The molecule has 0 bridgehead atoms. The van der Waals surface area contributed by atoms with Crippen molar-refractivity contribution in [1.82, 2.24) is 4.98 Å². The Morgan fingerprint density at radius 1 is 1.63 bits per heavy atom. The van der Waals surface area contributed by atoms with Gasteiger partial charge in [-0.3, -0.25) is 4.79 Å². The van der Waals surface area contributed by atoms with Crippen molar-refractivity contribution in [2.45, 2.75) is 20.3 Å². The number of nitrogens with zero attached hydrogens (tertiary/aromatic N) is 3. The van der Waals surface area contributed by atoms with Gasteiger partial charge in [-0.1, -0.05) is 13.8 Å². The van der Waals surface area contributed by atoms with Gasteiger partial charge in [0.15, 0.2) is 0 Å². The van der Waals surface area contributed by atoms with Gasteiger partial charge in [0.2, 0.25) is 0 Å². The Morgan fingerprint density at radius 3 is 2.89 bits per heavy atom. The Bertz CT molecular complexity index is 536. The lowest BCUT2D eigenvalue weighted by Crippen LogP contribution is -2.39. The fourth-order valence-corrected chi connectivity index (χ4v) is 2.58. The van der Waals surface area contributed by atoms with E-state index in [9.17, 15) is 9.90 Å². The third-order valence-corrected chi connectivity index (χ3v) is 4.03. The summed E-state index contributed by atoms with van der Waals surface area (Å²) in [6.07, 6.45) is 2.20. The molecule has 1 fully saturated rings. The predicted molar refractivity (Wildman–Crippen MR) is 70.7 cm³/mol. The van der Waals surface area contributed by atoms with Crippen molar-refractivity contribution < 1.29 is 9.90 Å². The number of rotatable bonds is 3. The third kappa shape index (κ3) is 2.26. The first-order valence-electron chi connectivity index (χ1n) is 6.34. The summed E-state index contributed by atoms with van der Waals surface area (Å²) in [4.78, 5) is 17.8. The largest absolute Gasteiger partial charge is 0.481 e. The van der Waals surface area contributed by atoms with Gasteiger partial charge in [0.25, 0.3) is 0 Å². The Labute approximate surface area is 112 Å². The quantitative estimate of drug-likeness (QED) is 0.897. The Morgan fingerprint density at radius 2 is 2.37 bits per heavy atom. The smallest absolute Gasteiger partial charge is 0.311 e. The second kappa shape index (κ2) is 4.88. The average molecular weight is 259 g/mol. The molecule has 1 aliphatic heterocycles. The van der Waals surface area contributed by atoms with Crippen molar-refractivity contribution in [3.05, 3.63) is 23.9 Å². The van der Waals surface area contributed by atoms with Gasteiger partial charge in [-0.25, -0.2) is 4.98 Å². The van der Waals surface area contributed by atoms with Crippen molar-refractivity contribution in [2.24, 2.45) is 11.3 Å². The minimum atomic E-state index is -0.749. The van der Waals surface area contributed by atoms with Crippen LogP contribution in [0.3, 0.4) is 0 Å². The first-order valence-corrected chi connectivity index (χ1v) is 6.34. The van der Waals surface area contributed by atoms with Crippen LogP contribution in [0.2, 0.25) is 0 Å². The second-order valence-corrected chi connectivity index (χ2v) is 5.30. The molecule has 0 spiro atoms. The molecule has 1 aromatic heterocycles. The van der Waals surface area contributed by atoms with E-state index in [-0.39, 0.29) is 5.92 Å². The molecule has 0 radical (unpaired) electrons. The molecule has 1 aromatic rings. The van der Waals surface area contributed by atoms with Crippen LogP contribution in [0.25, 0.3) is 0 Å². The summed E-state index contributed by atoms with van der Waals surface area (Å²) in [6.45, 7) is 4.99. The molecule has 0 amide bonds. The fourth-order valence-electron chi connectivity index (χ4n) is 2.58. The summed E-state index contributed by atoms with van der Waals surface area (Å²) >= 11 is 0. The summed E-state index contributed by atoms with van der Waals surface area (Å²) < 4.78 is 0. The lowest BCUT2D eigenvalue weighted by Gasteiger charge is -2.28. The van der Waals surface area contributed by atoms with Crippen molar-refractivity contribution in [3.8, 4) is 6.07 Å². The van der Waals surface area contributed by atoms with E-state index >= 15 is 0 Å². The number of aromatic nitrogens is 1. The maximum Gasteiger partial charge on any atom is 0.311 e. The summed E-state index contributed by atoms with van der Waals surface area (Å²) in [6, 6.07) is 5.43. The van der Waals surface area contributed by atoms with Crippen LogP contribution in [0.4, 0.5) is 5.82 Å². The van der Waals surface area contributed by atoms with Gasteiger partial charge >= 0.3 is 5.97 Å². The van der Waals surface area contributed by atoms with Crippen molar-refractivity contribution in [2.75, 3.05) is 18.0 Å². The molecule has 1 aliphatic rings. The SMILES string of the molecule is CC(C)C1(C(=O)O)CCN(c2cc(C#N)ccn2)C1. The summed E-state index contributed by atoms with van der Waals surface area (Å²) in [5, 5.41) is 18.4. The number of pyridine rings is 1. The van der Waals surface area contributed by atoms with Gasteiger partial charge in [-0.05, 0) is 24.5 Å². The zero-order chi connectivity index (χ0) is 14.0. The highest BCUT2D eigenvalue weighted by atomic mass is 16.4. The topological polar surface area (TPSA) is 77.2 Å². The number of carbonyl (C=O) groups is 1. The van der Waals surface area contributed by atoms with Crippen molar-refractivity contribution >= 4 is 11.8 Å². The monoisotopic (exact) mass is 259 g/mol. The van der Waals surface area contributed by atoms with E-state index in [0.717, 1.165) is 0 Å². The minimum absolute atomic E-state index is 0.0640. The standard InChI is InChI=1S/C14H17N3O2/c1-10(2)14(13(18)19)4-6-17(9-14)12-7-11(8-15)3-5-16-12/h3,5,7,10H,4,6,9H2,1-2H3,(H,18,19). The van der Waals surface area contributed by atoms with Gasteiger partial charge in [-0.2, -0.15) is 5.26 Å². The molecule has 1 atom stereocenters. The highest BCUT2D eigenvalue weighted by Gasteiger charge is 2.47.